The molecule has 1 aliphatic heterocycles. The first-order valence-corrected chi connectivity index (χ1v) is 6.72. The lowest BCUT2D eigenvalue weighted by Crippen LogP contribution is -2.41. The van der Waals surface area contributed by atoms with E-state index in [0.29, 0.717) is 24.3 Å². The maximum atomic E-state index is 11.8. The number of nitrogens with one attached hydrogen (secondary N) is 1. The lowest BCUT2D eigenvalue weighted by atomic mass is 10.1. The molecule has 0 saturated carbocycles. The number of likely N-dealkylation sites (tertiary alicyclic amines) is 1. The van der Waals surface area contributed by atoms with Gasteiger partial charge in [-0.25, -0.2) is 0 Å². The molecule has 100 valence electrons. The molecule has 2 rings (SSSR count). The quantitative estimate of drug-likeness (QED) is 0.870. The minimum atomic E-state index is -0.114. The summed E-state index contributed by atoms with van der Waals surface area (Å²) in [5.41, 5.74) is 0. The van der Waals surface area contributed by atoms with Gasteiger partial charge in [0.15, 0.2) is 5.76 Å². The molecule has 1 atom stereocenters. The molecule has 1 amide bonds. The van der Waals surface area contributed by atoms with Gasteiger partial charge in [-0.1, -0.05) is 13.8 Å². The van der Waals surface area contributed by atoms with Gasteiger partial charge in [0.05, 0.1) is 6.26 Å². The third kappa shape index (κ3) is 3.35. The van der Waals surface area contributed by atoms with E-state index in [1.165, 1.54) is 19.1 Å². The van der Waals surface area contributed by atoms with Crippen LogP contribution in [0, 0.1) is 5.92 Å². The minimum absolute atomic E-state index is 0.114. The van der Waals surface area contributed by atoms with Crippen LogP contribution in [0.1, 0.15) is 37.2 Å². The summed E-state index contributed by atoms with van der Waals surface area (Å²) in [7, 11) is 0. The Bertz CT molecular complexity index is 373. The molecule has 1 aliphatic rings. The monoisotopic (exact) mass is 250 g/mol. The highest BCUT2D eigenvalue weighted by atomic mass is 16.3. The van der Waals surface area contributed by atoms with E-state index < -0.39 is 0 Å². The van der Waals surface area contributed by atoms with Crippen molar-refractivity contribution in [3.63, 3.8) is 0 Å². The van der Waals surface area contributed by atoms with Crippen LogP contribution in [-0.4, -0.2) is 36.5 Å². The molecule has 1 aromatic heterocycles. The molecule has 1 fully saturated rings. The maximum Gasteiger partial charge on any atom is 0.287 e. The smallest absolute Gasteiger partial charge is 0.287 e. The third-order valence-corrected chi connectivity index (χ3v) is 3.34. The highest BCUT2D eigenvalue weighted by molar-refractivity contribution is 5.91. The Hall–Kier alpha value is -1.29. The molecule has 1 saturated heterocycles. The van der Waals surface area contributed by atoms with Crippen molar-refractivity contribution in [3.05, 3.63) is 24.2 Å². The SMILES string of the molecule is CC(C)CN1CCC[C@H]1CNC(=O)c1ccco1. The number of hydrogen-bond acceptors (Lipinski definition) is 3. The summed E-state index contributed by atoms with van der Waals surface area (Å²) in [5.74, 6) is 0.950. The van der Waals surface area contributed by atoms with Gasteiger partial charge in [0, 0.05) is 19.1 Å². The Balaban J connectivity index is 1.80. The van der Waals surface area contributed by atoms with Crippen LogP contribution in [0.25, 0.3) is 0 Å². The predicted octanol–water partition coefficient (Wildman–Crippen LogP) is 2.13. The van der Waals surface area contributed by atoms with Gasteiger partial charge in [-0.2, -0.15) is 0 Å². The van der Waals surface area contributed by atoms with Crippen molar-refractivity contribution in [2.75, 3.05) is 19.6 Å². The number of nitrogens with zero attached hydrogens (tertiary/aromatic N) is 1. The Morgan fingerprint density at radius 3 is 3.11 bits per heavy atom. The van der Waals surface area contributed by atoms with Crippen molar-refractivity contribution in [1.82, 2.24) is 10.2 Å². The summed E-state index contributed by atoms with van der Waals surface area (Å²) in [6, 6.07) is 3.90. The molecule has 4 heteroatoms. The molecular formula is C14H22N2O2. The Kier molecular flexibility index (Phi) is 4.42. The Morgan fingerprint density at radius 2 is 2.44 bits per heavy atom. The van der Waals surface area contributed by atoms with Gasteiger partial charge < -0.3 is 9.73 Å². The summed E-state index contributed by atoms with van der Waals surface area (Å²) in [5, 5.41) is 2.96. The molecule has 4 nitrogen and oxygen atoms in total. The molecule has 0 aliphatic carbocycles. The Morgan fingerprint density at radius 1 is 1.61 bits per heavy atom. The maximum absolute atomic E-state index is 11.8. The number of carbonyl (C=O) groups is 1. The second-order valence-corrected chi connectivity index (χ2v) is 5.37. The third-order valence-electron chi connectivity index (χ3n) is 3.34. The summed E-state index contributed by atoms with van der Waals surface area (Å²) < 4.78 is 5.08. The van der Waals surface area contributed by atoms with E-state index in [0.717, 1.165) is 13.1 Å². The zero-order valence-corrected chi connectivity index (χ0v) is 11.2. The summed E-state index contributed by atoms with van der Waals surface area (Å²) in [6.45, 7) is 7.45. The minimum Gasteiger partial charge on any atom is -0.459 e. The van der Waals surface area contributed by atoms with Crippen LogP contribution in [0.4, 0.5) is 0 Å². The average molecular weight is 250 g/mol. The zero-order valence-electron chi connectivity index (χ0n) is 11.2. The fourth-order valence-corrected chi connectivity index (χ4v) is 2.54. The lowest BCUT2D eigenvalue weighted by Gasteiger charge is -2.26. The lowest BCUT2D eigenvalue weighted by molar-refractivity contribution is 0.0911. The predicted molar refractivity (Wildman–Crippen MR) is 70.5 cm³/mol. The van der Waals surface area contributed by atoms with E-state index in [1.54, 1.807) is 12.1 Å². The summed E-state index contributed by atoms with van der Waals surface area (Å²) in [6.07, 6.45) is 3.93. The van der Waals surface area contributed by atoms with Gasteiger partial charge in [-0.3, -0.25) is 9.69 Å². The first-order valence-electron chi connectivity index (χ1n) is 6.72. The van der Waals surface area contributed by atoms with E-state index in [-0.39, 0.29) is 5.91 Å². The summed E-state index contributed by atoms with van der Waals surface area (Å²) >= 11 is 0. The first-order chi connectivity index (χ1) is 8.66. The van der Waals surface area contributed by atoms with Crippen LogP contribution in [0.5, 0.6) is 0 Å². The van der Waals surface area contributed by atoms with Gasteiger partial charge in [0.25, 0.3) is 5.91 Å². The van der Waals surface area contributed by atoms with E-state index in [4.69, 9.17) is 4.42 Å². The average Bonchev–Trinajstić information content (AvgIpc) is 2.95. The van der Waals surface area contributed by atoms with Crippen molar-refractivity contribution in [2.24, 2.45) is 5.92 Å². The van der Waals surface area contributed by atoms with Gasteiger partial charge in [0.2, 0.25) is 0 Å². The van der Waals surface area contributed by atoms with E-state index >= 15 is 0 Å². The van der Waals surface area contributed by atoms with Crippen LogP contribution in [0.15, 0.2) is 22.8 Å². The molecule has 2 heterocycles. The van der Waals surface area contributed by atoms with Crippen molar-refractivity contribution < 1.29 is 9.21 Å². The molecule has 0 spiro atoms. The van der Waals surface area contributed by atoms with Gasteiger partial charge in [0.1, 0.15) is 0 Å². The van der Waals surface area contributed by atoms with Crippen molar-refractivity contribution >= 4 is 5.91 Å². The van der Waals surface area contributed by atoms with Crippen molar-refractivity contribution in [2.45, 2.75) is 32.7 Å². The number of hydrogen-bond donors (Lipinski definition) is 1. The number of rotatable bonds is 5. The molecule has 0 unspecified atom stereocenters. The topological polar surface area (TPSA) is 45.5 Å². The first kappa shape index (κ1) is 13.1. The van der Waals surface area contributed by atoms with Crippen molar-refractivity contribution in [1.29, 1.82) is 0 Å². The standard InChI is InChI=1S/C14H22N2O2/c1-11(2)10-16-7-3-5-12(16)9-15-14(17)13-6-4-8-18-13/h4,6,8,11-12H,3,5,7,9-10H2,1-2H3,(H,15,17)/t12-/m0/s1. The Labute approximate surface area is 108 Å². The number of furan rings is 1. The zero-order chi connectivity index (χ0) is 13.0. The van der Waals surface area contributed by atoms with Gasteiger partial charge in [-0.15, -0.1) is 0 Å². The second-order valence-electron chi connectivity index (χ2n) is 5.37. The second kappa shape index (κ2) is 6.05. The largest absolute Gasteiger partial charge is 0.459 e. The highest BCUT2D eigenvalue weighted by Gasteiger charge is 2.25. The number of amides is 1. The fraction of sp³-hybridized carbons (Fsp3) is 0.643. The molecule has 0 radical (unpaired) electrons. The fourth-order valence-electron chi connectivity index (χ4n) is 2.54. The van der Waals surface area contributed by atoms with E-state index in [9.17, 15) is 4.79 Å². The molecule has 0 bridgehead atoms. The molecule has 0 aromatic carbocycles. The van der Waals surface area contributed by atoms with Crippen LogP contribution in [0.3, 0.4) is 0 Å². The number of carbonyl (C=O) groups excluding carboxylic acids is 1. The molecule has 1 aromatic rings. The molecule has 1 N–H and O–H groups in total. The van der Waals surface area contributed by atoms with E-state index in [2.05, 4.69) is 24.1 Å². The van der Waals surface area contributed by atoms with Gasteiger partial charge in [-0.05, 0) is 37.4 Å². The van der Waals surface area contributed by atoms with Gasteiger partial charge >= 0.3 is 0 Å². The highest BCUT2D eigenvalue weighted by Crippen LogP contribution is 2.18. The van der Waals surface area contributed by atoms with Crippen LogP contribution >= 0.6 is 0 Å². The van der Waals surface area contributed by atoms with Crippen LogP contribution in [-0.2, 0) is 0 Å². The van der Waals surface area contributed by atoms with Crippen molar-refractivity contribution in [3.8, 4) is 0 Å². The van der Waals surface area contributed by atoms with Crippen LogP contribution in [0.2, 0.25) is 0 Å². The molecule has 18 heavy (non-hydrogen) atoms. The molecular weight excluding hydrogens is 228 g/mol. The normalized spacial score (nSPS) is 20.5. The van der Waals surface area contributed by atoms with E-state index in [1.807, 2.05) is 0 Å². The summed E-state index contributed by atoms with van der Waals surface area (Å²) in [4.78, 5) is 14.2. The van der Waals surface area contributed by atoms with Crippen LogP contribution < -0.4 is 5.32 Å².